The second-order valence-electron chi connectivity index (χ2n) is 22.0. The fraction of sp³-hybridized carbons (Fsp3) is 0.812. The lowest BCUT2D eigenvalue weighted by atomic mass is 10.0. The van der Waals surface area contributed by atoms with Crippen molar-refractivity contribution < 1.29 is 28.6 Å². The fourth-order valence-electron chi connectivity index (χ4n) is 9.61. The lowest BCUT2D eigenvalue weighted by molar-refractivity contribution is -0.167. The summed E-state index contributed by atoms with van der Waals surface area (Å²) in [6.07, 6.45) is 80.9. The van der Waals surface area contributed by atoms with E-state index in [9.17, 15) is 14.4 Å². The summed E-state index contributed by atoms with van der Waals surface area (Å²) in [5.74, 6) is -0.864. The molecule has 436 valence electrons. The van der Waals surface area contributed by atoms with Gasteiger partial charge in [-0.1, -0.05) is 300 Å². The first-order valence-electron chi connectivity index (χ1n) is 32.8. The van der Waals surface area contributed by atoms with Gasteiger partial charge in [0.15, 0.2) is 6.10 Å². The zero-order valence-electron chi connectivity index (χ0n) is 50.1. The molecule has 1 atom stereocenters. The maximum atomic E-state index is 12.9. The number of unbranched alkanes of at least 4 members (excludes halogenated alkanes) is 39. The SMILES string of the molecule is CC/C=C\C/C=C\C/C=C\C/C=C\CCCCCCCCCCCCCCC(=O)OCC(COC(=O)CCCCCCC/C=C\CCCCCC)OC(=O)CCCCCCCCCCCCCCCCCCCCC. The highest BCUT2D eigenvalue weighted by molar-refractivity contribution is 5.71. The van der Waals surface area contributed by atoms with Gasteiger partial charge < -0.3 is 14.2 Å². The topological polar surface area (TPSA) is 78.9 Å². The predicted octanol–water partition coefficient (Wildman–Crippen LogP) is 22.3. The number of carbonyl (C=O) groups excluding carboxylic acids is 3. The van der Waals surface area contributed by atoms with Gasteiger partial charge >= 0.3 is 17.9 Å². The van der Waals surface area contributed by atoms with E-state index in [0.29, 0.717) is 19.3 Å². The Kier molecular flexibility index (Phi) is 61.2. The van der Waals surface area contributed by atoms with Gasteiger partial charge in [0, 0.05) is 19.3 Å². The number of allylic oxidation sites excluding steroid dienone is 10. The Hall–Kier alpha value is -2.89. The van der Waals surface area contributed by atoms with Gasteiger partial charge in [-0.2, -0.15) is 0 Å². The Bertz CT molecular complexity index is 1340. The molecule has 0 spiro atoms. The monoisotopic (exact) mass is 1050 g/mol. The maximum absolute atomic E-state index is 12.9. The molecule has 6 heteroatoms. The molecular formula is C69H124O6. The van der Waals surface area contributed by atoms with Crippen LogP contribution in [0.3, 0.4) is 0 Å². The van der Waals surface area contributed by atoms with Crippen LogP contribution in [0.4, 0.5) is 0 Å². The molecule has 0 aromatic heterocycles. The summed E-state index contributed by atoms with van der Waals surface area (Å²) in [5, 5.41) is 0. The molecule has 0 rings (SSSR count). The standard InChI is InChI=1S/C69H124O6/c1-4-7-10-13-16-19-22-25-27-29-31-32-33-34-35-36-38-39-41-44-47-50-53-56-59-62-68(71)74-65-66(64-73-67(70)61-58-55-52-49-46-43-24-21-18-15-12-9-6-3)75-69(72)63-60-57-54-51-48-45-42-40-37-30-28-26-23-20-17-14-11-8-5-2/h7,10,16,19,21,24-25,27,31-32,66H,4-6,8-9,11-15,17-18,20,22-23,26,28-30,33-65H2,1-3H3/b10-7-,19-16-,24-21-,27-25-,32-31-. The van der Waals surface area contributed by atoms with Crippen molar-refractivity contribution in [1.82, 2.24) is 0 Å². The van der Waals surface area contributed by atoms with E-state index in [2.05, 4.69) is 81.5 Å². The van der Waals surface area contributed by atoms with E-state index in [4.69, 9.17) is 14.2 Å². The van der Waals surface area contributed by atoms with Crippen molar-refractivity contribution in [3.8, 4) is 0 Å². The number of esters is 3. The van der Waals surface area contributed by atoms with Gasteiger partial charge in [0.25, 0.3) is 0 Å². The summed E-state index contributed by atoms with van der Waals surface area (Å²) in [5.41, 5.74) is 0. The highest BCUT2D eigenvalue weighted by Gasteiger charge is 2.19. The zero-order chi connectivity index (χ0) is 54.3. The van der Waals surface area contributed by atoms with E-state index >= 15 is 0 Å². The van der Waals surface area contributed by atoms with Gasteiger partial charge in [-0.25, -0.2) is 0 Å². The molecule has 1 unspecified atom stereocenters. The van der Waals surface area contributed by atoms with Gasteiger partial charge in [0.2, 0.25) is 0 Å². The Morgan fingerprint density at radius 1 is 0.280 bits per heavy atom. The van der Waals surface area contributed by atoms with E-state index in [1.165, 1.54) is 212 Å². The van der Waals surface area contributed by atoms with E-state index < -0.39 is 6.10 Å². The quantitative estimate of drug-likeness (QED) is 0.0261. The van der Waals surface area contributed by atoms with Crippen molar-refractivity contribution in [2.45, 2.75) is 348 Å². The first kappa shape index (κ1) is 72.1. The number of ether oxygens (including phenoxy) is 3. The molecule has 0 aliphatic heterocycles. The summed E-state index contributed by atoms with van der Waals surface area (Å²) >= 11 is 0. The lowest BCUT2D eigenvalue weighted by Gasteiger charge is -2.18. The van der Waals surface area contributed by atoms with Crippen LogP contribution < -0.4 is 0 Å². The van der Waals surface area contributed by atoms with Gasteiger partial charge in [-0.3, -0.25) is 14.4 Å². The normalized spacial score (nSPS) is 12.4. The highest BCUT2D eigenvalue weighted by Crippen LogP contribution is 2.17. The Balaban J connectivity index is 4.27. The van der Waals surface area contributed by atoms with Gasteiger partial charge in [0.05, 0.1) is 0 Å². The molecule has 0 aliphatic rings. The second kappa shape index (κ2) is 63.6. The van der Waals surface area contributed by atoms with E-state index in [0.717, 1.165) is 89.9 Å². The molecule has 75 heavy (non-hydrogen) atoms. The van der Waals surface area contributed by atoms with Crippen LogP contribution in [0.1, 0.15) is 342 Å². The highest BCUT2D eigenvalue weighted by atomic mass is 16.6. The Morgan fingerprint density at radius 2 is 0.520 bits per heavy atom. The first-order valence-corrected chi connectivity index (χ1v) is 32.8. The molecule has 0 heterocycles. The second-order valence-corrected chi connectivity index (χ2v) is 22.0. The van der Waals surface area contributed by atoms with E-state index in [1.54, 1.807) is 0 Å². The van der Waals surface area contributed by atoms with Gasteiger partial charge in [-0.05, 0) is 83.5 Å². The molecule has 0 N–H and O–H groups in total. The number of carbonyl (C=O) groups is 3. The van der Waals surface area contributed by atoms with Crippen LogP contribution >= 0.6 is 0 Å². The molecule has 0 fully saturated rings. The van der Waals surface area contributed by atoms with E-state index in [1.807, 2.05) is 0 Å². The number of rotatable bonds is 60. The molecule has 0 aromatic carbocycles. The van der Waals surface area contributed by atoms with Crippen molar-refractivity contribution in [3.05, 3.63) is 60.8 Å². The molecular weight excluding hydrogens is 925 g/mol. The fourth-order valence-corrected chi connectivity index (χ4v) is 9.61. The molecule has 0 saturated carbocycles. The van der Waals surface area contributed by atoms with Crippen LogP contribution in [0.25, 0.3) is 0 Å². The third-order valence-electron chi connectivity index (χ3n) is 14.5. The van der Waals surface area contributed by atoms with Crippen LogP contribution in [0, 0.1) is 0 Å². The molecule has 6 nitrogen and oxygen atoms in total. The summed E-state index contributed by atoms with van der Waals surface area (Å²) in [4.78, 5) is 38.3. The summed E-state index contributed by atoms with van der Waals surface area (Å²) in [6.45, 7) is 6.56. The average Bonchev–Trinajstić information content (AvgIpc) is 3.41. The summed E-state index contributed by atoms with van der Waals surface area (Å²) in [6, 6.07) is 0. The van der Waals surface area contributed by atoms with Crippen LogP contribution in [0.2, 0.25) is 0 Å². The minimum Gasteiger partial charge on any atom is -0.462 e. The molecule has 0 amide bonds. The largest absolute Gasteiger partial charge is 0.462 e. The van der Waals surface area contributed by atoms with E-state index in [-0.39, 0.29) is 31.1 Å². The first-order chi connectivity index (χ1) is 37.0. The van der Waals surface area contributed by atoms with Crippen LogP contribution in [-0.2, 0) is 28.6 Å². The predicted molar refractivity (Wildman–Crippen MR) is 325 cm³/mol. The third-order valence-corrected chi connectivity index (χ3v) is 14.5. The lowest BCUT2D eigenvalue weighted by Crippen LogP contribution is -2.30. The maximum Gasteiger partial charge on any atom is 0.306 e. The van der Waals surface area contributed by atoms with Gasteiger partial charge in [-0.15, -0.1) is 0 Å². The minimum atomic E-state index is -0.776. The van der Waals surface area contributed by atoms with Gasteiger partial charge in [0.1, 0.15) is 13.2 Å². The molecule has 0 bridgehead atoms. The van der Waals surface area contributed by atoms with Crippen LogP contribution in [0.15, 0.2) is 60.8 Å². The minimum absolute atomic E-state index is 0.0739. The molecule has 0 aromatic rings. The van der Waals surface area contributed by atoms with Crippen molar-refractivity contribution in [2.75, 3.05) is 13.2 Å². The van der Waals surface area contributed by atoms with Crippen molar-refractivity contribution in [2.24, 2.45) is 0 Å². The van der Waals surface area contributed by atoms with Crippen molar-refractivity contribution in [3.63, 3.8) is 0 Å². The Morgan fingerprint density at radius 3 is 0.840 bits per heavy atom. The zero-order valence-corrected chi connectivity index (χ0v) is 50.1. The Labute approximate surface area is 466 Å². The molecule has 0 radical (unpaired) electrons. The summed E-state index contributed by atoms with van der Waals surface area (Å²) < 4.78 is 16.9. The average molecular weight is 1050 g/mol. The molecule has 0 saturated heterocycles. The molecule has 0 aliphatic carbocycles. The number of hydrogen-bond acceptors (Lipinski definition) is 6. The smallest absolute Gasteiger partial charge is 0.306 e. The summed E-state index contributed by atoms with van der Waals surface area (Å²) in [7, 11) is 0. The van der Waals surface area contributed by atoms with Crippen LogP contribution in [0.5, 0.6) is 0 Å². The van der Waals surface area contributed by atoms with Crippen molar-refractivity contribution >= 4 is 17.9 Å². The third kappa shape index (κ3) is 61.8. The van der Waals surface area contributed by atoms with Crippen molar-refractivity contribution in [1.29, 1.82) is 0 Å². The van der Waals surface area contributed by atoms with Crippen LogP contribution in [-0.4, -0.2) is 37.2 Å². The number of hydrogen-bond donors (Lipinski definition) is 0.